The van der Waals surface area contributed by atoms with Crippen molar-refractivity contribution >= 4 is 23.4 Å². The maximum atomic E-state index is 13.1. The number of carbonyl (C=O) groups excluding carboxylic acids is 1. The number of benzene rings is 1. The molecule has 0 radical (unpaired) electrons. The zero-order valence-corrected chi connectivity index (χ0v) is 14.8. The fourth-order valence-electron chi connectivity index (χ4n) is 2.82. The first kappa shape index (κ1) is 17.0. The molecule has 1 aliphatic rings. The van der Waals surface area contributed by atoms with E-state index in [0.717, 1.165) is 18.0 Å². The fraction of sp³-hybridized carbons (Fsp3) is 0.389. The van der Waals surface area contributed by atoms with Crippen LogP contribution in [0.1, 0.15) is 24.2 Å². The number of nitrogens with one attached hydrogen (secondary N) is 1. The van der Waals surface area contributed by atoms with Crippen molar-refractivity contribution in [3.05, 3.63) is 36.0 Å². The lowest BCUT2D eigenvalue weighted by Crippen LogP contribution is -2.33. The molecule has 7 heteroatoms. The predicted octanol–water partition coefficient (Wildman–Crippen LogP) is 2.40. The molecule has 0 spiro atoms. The van der Waals surface area contributed by atoms with E-state index in [-0.39, 0.29) is 5.91 Å². The lowest BCUT2D eigenvalue weighted by Gasteiger charge is -2.21. The zero-order valence-electron chi connectivity index (χ0n) is 14.8. The third kappa shape index (κ3) is 3.50. The smallest absolute Gasteiger partial charge is 0.263 e. The van der Waals surface area contributed by atoms with Crippen LogP contribution in [0, 0.1) is 0 Å². The van der Waals surface area contributed by atoms with Crippen molar-refractivity contribution in [3.8, 4) is 5.75 Å². The molecule has 2 heterocycles. The van der Waals surface area contributed by atoms with Gasteiger partial charge < -0.3 is 19.9 Å². The van der Waals surface area contributed by atoms with Crippen LogP contribution in [-0.2, 0) is 0 Å². The Balaban J connectivity index is 1.96. The number of amides is 1. The molecule has 132 valence electrons. The van der Waals surface area contributed by atoms with Gasteiger partial charge in [0.15, 0.2) is 0 Å². The average Bonchev–Trinajstić information content (AvgIpc) is 2.73. The Morgan fingerprint density at radius 3 is 2.88 bits per heavy atom. The molecule has 0 atom stereocenters. The van der Waals surface area contributed by atoms with Crippen LogP contribution < -0.4 is 19.9 Å². The topological polar surface area (TPSA) is 70.6 Å². The Labute approximate surface area is 147 Å². The van der Waals surface area contributed by atoms with Crippen LogP contribution >= 0.6 is 0 Å². The Morgan fingerprint density at radius 1 is 1.28 bits per heavy atom. The van der Waals surface area contributed by atoms with Gasteiger partial charge >= 0.3 is 0 Å². The number of nitrogens with zero attached hydrogens (tertiary/aromatic N) is 4. The second kappa shape index (κ2) is 7.38. The molecule has 1 aromatic heterocycles. The summed E-state index contributed by atoms with van der Waals surface area (Å²) < 4.78 is 5.56. The number of likely N-dealkylation sites (N-methyl/N-ethyl adjacent to an activating group) is 1. The summed E-state index contributed by atoms with van der Waals surface area (Å²) in [6.45, 7) is 6.49. The summed E-state index contributed by atoms with van der Waals surface area (Å²) in [5.74, 6) is 1.84. The summed E-state index contributed by atoms with van der Waals surface area (Å²) in [5, 5.41) is 3.09. The van der Waals surface area contributed by atoms with E-state index in [9.17, 15) is 4.79 Å². The van der Waals surface area contributed by atoms with E-state index in [0.29, 0.717) is 37.0 Å². The summed E-state index contributed by atoms with van der Waals surface area (Å²) in [6.07, 6.45) is 1.60. The Kier molecular flexibility index (Phi) is 5.02. The standard InChI is InChI=1S/C18H23N5O2/c1-4-19-18-20-12-15-16(21-18)22(3)9-10-23(17(15)24)13-7-6-8-14(11-13)25-5-2/h6-8,11-12H,4-5,9-10H2,1-3H3,(H,19,20,21). The lowest BCUT2D eigenvalue weighted by atomic mass is 10.2. The predicted molar refractivity (Wildman–Crippen MR) is 98.8 cm³/mol. The molecule has 0 saturated carbocycles. The first-order chi connectivity index (χ1) is 12.1. The van der Waals surface area contributed by atoms with Crippen molar-refractivity contribution in [1.82, 2.24) is 9.97 Å². The van der Waals surface area contributed by atoms with E-state index in [2.05, 4.69) is 15.3 Å². The normalized spacial score (nSPS) is 14.1. The number of hydrogen-bond donors (Lipinski definition) is 1. The molecule has 1 aliphatic heterocycles. The van der Waals surface area contributed by atoms with E-state index < -0.39 is 0 Å². The van der Waals surface area contributed by atoms with E-state index in [1.54, 1.807) is 11.1 Å². The van der Waals surface area contributed by atoms with Gasteiger partial charge in [-0.25, -0.2) is 4.98 Å². The molecule has 0 saturated heterocycles. The Bertz CT molecular complexity index is 765. The molecule has 1 amide bonds. The highest BCUT2D eigenvalue weighted by Crippen LogP contribution is 2.28. The van der Waals surface area contributed by atoms with Gasteiger partial charge in [0.25, 0.3) is 5.91 Å². The molecule has 0 unspecified atom stereocenters. The van der Waals surface area contributed by atoms with E-state index >= 15 is 0 Å². The second-order valence-electron chi connectivity index (χ2n) is 5.77. The van der Waals surface area contributed by atoms with Gasteiger partial charge in [0.05, 0.1) is 6.61 Å². The molecule has 1 N–H and O–H groups in total. The number of rotatable bonds is 5. The van der Waals surface area contributed by atoms with Crippen LogP contribution in [0.25, 0.3) is 0 Å². The maximum absolute atomic E-state index is 13.1. The molecule has 1 aromatic carbocycles. The minimum atomic E-state index is -0.101. The van der Waals surface area contributed by atoms with Crippen LogP contribution in [0.2, 0.25) is 0 Å². The van der Waals surface area contributed by atoms with Gasteiger partial charge in [-0.05, 0) is 26.0 Å². The van der Waals surface area contributed by atoms with Gasteiger partial charge in [0.2, 0.25) is 5.95 Å². The zero-order chi connectivity index (χ0) is 17.8. The highest BCUT2D eigenvalue weighted by Gasteiger charge is 2.28. The average molecular weight is 341 g/mol. The van der Waals surface area contributed by atoms with Crippen molar-refractivity contribution in [2.24, 2.45) is 0 Å². The van der Waals surface area contributed by atoms with Crippen molar-refractivity contribution in [2.45, 2.75) is 13.8 Å². The summed E-state index contributed by atoms with van der Waals surface area (Å²) in [6, 6.07) is 7.59. The van der Waals surface area contributed by atoms with Gasteiger partial charge in [0.1, 0.15) is 17.1 Å². The Hall–Kier alpha value is -2.83. The number of aromatic nitrogens is 2. The molecule has 0 aliphatic carbocycles. The van der Waals surface area contributed by atoms with E-state index in [1.807, 2.05) is 50.1 Å². The van der Waals surface area contributed by atoms with Crippen molar-refractivity contribution in [1.29, 1.82) is 0 Å². The van der Waals surface area contributed by atoms with Gasteiger partial charge in [-0.15, -0.1) is 0 Å². The molecule has 0 fully saturated rings. The van der Waals surface area contributed by atoms with Crippen molar-refractivity contribution in [3.63, 3.8) is 0 Å². The number of fused-ring (bicyclic) bond motifs is 1. The summed E-state index contributed by atoms with van der Waals surface area (Å²) in [5.41, 5.74) is 1.32. The van der Waals surface area contributed by atoms with Gasteiger partial charge in [-0.2, -0.15) is 4.98 Å². The largest absolute Gasteiger partial charge is 0.494 e. The highest BCUT2D eigenvalue weighted by molar-refractivity contribution is 6.09. The third-order valence-electron chi connectivity index (χ3n) is 4.04. The fourth-order valence-corrected chi connectivity index (χ4v) is 2.82. The summed E-state index contributed by atoms with van der Waals surface area (Å²) in [7, 11) is 1.94. The van der Waals surface area contributed by atoms with Crippen LogP contribution in [0.5, 0.6) is 5.75 Å². The molecule has 2 aromatic rings. The van der Waals surface area contributed by atoms with Crippen molar-refractivity contribution in [2.75, 3.05) is 48.4 Å². The number of ether oxygens (including phenoxy) is 1. The van der Waals surface area contributed by atoms with Gasteiger partial charge in [-0.1, -0.05) is 6.07 Å². The SMILES string of the molecule is CCNc1ncc2c(n1)N(C)CCN(c1cccc(OCC)c1)C2=O. The number of hydrogen-bond acceptors (Lipinski definition) is 6. The van der Waals surface area contributed by atoms with Gasteiger partial charge in [-0.3, -0.25) is 4.79 Å². The van der Waals surface area contributed by atoms with E-state index in [4.69, 9.17) is 4.74 Å². The first-order valence-electron chi connectivity index (χ1n) is 8.50. The minimum Gasteiger partial charge on any atom is -0.494 e. The third-order valence-corrected chi connectivity index (χ3v) is 4.04. The maximum Gasteiger partial charge on any atom is 0.263 e. The number of carbonyl (C=O) groups is 1. The summed E-state index contributed by atoms with van der Waals surface area (Å²) >= 11 is 0. The molecule has 7 nitrogen and oxygen atoms in total. The molecule has 0 bridgehead atoms. The highest BCUT2D eigenvalue weighted by atomic mass is 16.5. The lowest BCUT2D eigenvalue weighted by molar-refractivity contribution is 0.0989. The minimum absolute atomic E-state index is 0.101. The van der Waals surface area contributed by atoms with Crippen LogP contribution in [0.3, 0.4) is 0 Å². The summed E-state index contributed by atoms with van der Waals surface area (Å²) in [4.78, 5) is 25.6. The monoisotopic (exact) mass is 341 g/mol. The van der Waals surface area contributed by atoms with Crippen LogP contribution in [0.15, 0.2) is 30.5 Å². The van der Waals surface area contributed by atoms with E-state index in [1.165, 1.54) is 0 Å². The van der Waals surface area contributed by atoms with Gasteiger partial charge in [0, 0.05) is 44.6 Å². The molecular weight excluding hydrogens is 318 g/mol. The van der Waals surface area contributed by atoms with Crippen LogP contribution in [0.4, 0.5) is 17.5 Å². The van der Waals surface area contributed by atoms with Crippen molar-refractivity contribution < 1.29 is 9.53 Å². The Morgan fingerprint density at radius 2 is 2.12 bits per heavy atom. The number of anilines is 3. The van der Waals surface area contributed by atoms with Crippen LogP contribution in [-0.4, -0.2) is 49.2 Å². The molecular formula is C18H23N5O2. The second-order valence-corrected chi connectivity index (χ2v) is 5.77. The molecule has 3 rings (SSSR count). The first-order valence-corrected chi connectivity index (χ1v) is 8.50. The molecule has 25 heavy (non-hydrogen) atoms. The quantitative estimate of drug-likeness (QED) is 0.900.